The van der Waals surface area contributed by atoms with Gasteiger partial charge in [0.25, 0.3) is 0 Å². The third-order valence-corrected chi connectivity index (χ3v) is 4.06. The van der Waals surface area contributed by atoms with Crippen molar-refractivity contribution in [3.63, 3.8) is 0 Å². The maximum Gasteiger partial charge on any atom is 0.125 e. The van der Waals surface area contributed by atoms with Crippen LogP contribution in [0.25, 0.3) is 0 Å². The van der Waals surface area contributed by atoms with Crippen molar-refractivity contribution in [2.45, 2.75) is 19.4 Å². The topological polar surface area (TPSA) is 48.9 Å². The van der Waals surface area contributed by atoms with Crippen LogP contribution in [0.5, 0.6) is 5.75 Å². The van der Waals surface area contributed by atoms with E-state index in [0.717, 1.165) is 44.2 Å². The van der Waals surface area contributed by atoms with E-state index in [4.69, 9.17) is 4.74 Å². The molecule has 2 aliphatic rings. The summed E-state index contributed by atoms with van der Waals surface area (Å²) in [5.74, 6) is 2.07. The summed E-state index contributed by atoms with van der Waals surface area (Å²) >= 11 is 0. The molecule has 5 heteroatoms. The molecule has 2 heterocycles. The number of fused-ring (bicyclic) bond motifs is 1. The van der Waals surface area contributed by atoms with Crippen LogP contribution in [-0.4, -0.2) is 44.0 Å². The number of aliphatic imine (C=N–C) groups is 1. The monoisotopic (exact) mass is 274 g/mol. The Balaban J connectivity index is 1.72. The lowest BCUT2D eigenvalue weighted by Gasteiger charge is -2.32. The first-order valence-electron chi connectivity index (χ1n) is 7.23. The molecule has 0 aliphatic carbocycles. The molecule has 0 amide bonds. The van der Waals surface area contributed by atoms with Crippen molar-refractivity contribution in [1.82, 2.24) is 15.8 Å². The first-order chi connectivity index (χ1) is 9.78. The van der Waals surface area contributed by atoms with Gasteiger partial charge in [-0.1, -0.05) is 12.1 Å². The van der Waals surface area contributed by atoms with Gasteiger partial charge < -0.3 is 10.2 Å². The molecule has 2 aliphatic heterocycles. The second-order valence-corrected chi connectivity index (χ2v) is 5.32. The molecule has 2 N–H and O–H groups in total. The average molecular weight is 274 g/mol. The van der Waals surface area contributed by atoms with E-state index in [-0.39, 0.29) is 0 Å². The molecular formula is C15H22N4O. The zero-order valence-electron chi connectivity index (χ0n) is 12.1. The highest BCUT2D eigenvalue weighted by Gasteiger charge is 2.22. The smallest absolute Gasteiger partial charge is 0.125 e. The zero-order valence-corrected chi connectivity index (χ0v) is 12.1. The van der Waals surface area contributed by atoms with Crippen molar-refractivity contribution in [3.05, 3.63) is 29.3 Å². The number of amidine groups is 1. The highest BCUT2D eigenvalue weighted by atomic mass is 16.5. The minimum atomic E-state index is 0.369. The molecule has 1 atom stereocenters. The van der Waals surface area contributed by atoms with E-state index < -0.39 is 0 Å². The lowest BCUT2D eigenvalue weighted by molar-refractivity contribution is 0.236. The standard InChI is InChI=1S/C15H22N4O/c1-11(19-7-6-17-15(10-19)18-16-2)13-4-3-12-5-8-20-14(12)9-13/h3-4,9,11,16H,5-8,10H2,1-2H3,(H,17,18). The lowest BCUT2D eigenvalue weighted by Crippen LogP contribution is -2.47. The Labute approximate surface area is 120 Å². The third kappa shape index (κ3) is 2.64. The van der Waals surface area contributed by atoms with E-state index in [1.807, 2.05) is 7.05 Å². The van der Waals surface area contributed by atoms with Gasteiger partial charge in [0.15, 0.2) is 0 Å². The summed E-state index contributed by atoms with van der Waals surface area (Å²) in [6.07, 6.45) is 1.04. The fourth-order valence-corrected chi connectivity index (χ4v) is 2.84. The van der Waals surface area contributed by atoms with Gasteiger partial charge in [-0.3, -0.25) is 9.89 Å². The molecule has 5 nitrogen and oxygen atoms in total. The third-order valence-electron chi connectivity index (χ3n) is 4.06. The Morgan fingerprint density at radius 2 is 2.30 bits per heavy atom. The average Bonchev–Trinajstić information content (AvgIpc) is 2.94. The van der Waals surface area contributed by atoms with E-state index >= 15 is 0 Å². The van der Waals surface area contributed by atoms with Gasteiger partial charge in [-0.2, -0.15) is 0 Å². The summed E-state index contributed by atoms with van der Waals surface area (Å²) in [5.41, 5.74) is 8.69. The Hall–Kier alpha value is -1.59. The number of hydrazine groups is 1. The van der Waals surface area contributed by atoms with Crippen LogP contribution < -0.4 is 15.6 Å². The predicted molar refractivity (Wildman–Crippen MR) is 80.1 cm³/mol. The Morgan fingerprint density at radius 3 is 3.15 bits per heavy atom. The molecule has 1 aromatic carbocycles. The number of nitrogens with zero attached hydrogens (tertiary/aromatic N) is 2. The zero-order chi connectivity index (χ0) is 13.9. The molecule has 0 bridgehead atoms. The minimum Gasteiger partial charge on any atom is -0.493 e. The van der Waals surface area contributed by atoms with Crippen LogP contribution in [0.2, 0.25) is 0 Å². The second kappa shape index (κ2) is 5.81. The fourth-order valence-electron chi connectivity index (χ4n) is 2.84. The van der Waals surface area contributed by atoms with Crippen molar-refractivity contribution < 1.29 is 4.74 Å². The number of hydrogen-bond acceptors (Lipinski definition) is 5. The summed E-state index contributed by atoms with van der Waals surface area (Å²) < 4.78 is 5.67. The highest BCUT2D eigenvalue weighted by Crippen LogP contribution is 2.30. The number of ether oxygens (including phenoxy) is 1. The first-order valence-corrected chi connectivity index (χ1v) is 7.23. The largest absolute Gasteiger partial charge is 0.493 e. The van der Waals surface area contributed by atoms with Gasteiger partial charge in [0.1, 0.15) is 11.6 Å². The van der Waals surface area contributed by atoms with Gasteiger partial charge in [0, 0.05) is 26.1 Å². The number of rotatable bonds is 3. The van der Waals surface area contributed by atoms with E-state index in [9.17, 15) is 0 Å². The Morgan fingerprint density at radius 1 is 1.40 bits per heavy atom. The van der Waals surface area contributed by atoms with Crippen LogP contribution >= 0.6 is 0 Å². The molecule has 0 saturated carbocycles. The maximum absolute atomic E-state index is 5.67. The van der Waals surface area contributed by atoms with Crippen molar-refractivity contribution in [1.29, 1.82) is 0 Å². The Kier molecular flexibility index (Phi) is 3.89. The summed E-state index contributed by atoms with van der Waals surface area (Å²) in [5, 5.41) is 0. The van der Waals surface area contributed by atoms with E-state index in [2.05, 4.69) is 45.9 Å². The SMILES string of the molecule is CNNC1=NCCN(C(C)c2ccc3c(c2)OCC3)C1. The molecule has 20 heavy (non-hydrogen) atoms. The molecule has 0 radical (unpaired) electrons. The van der Waals surface area contributed by atoms with Crippen molar-refractivity contribution in [3.8, 4) is 5.75 Å². The molecule has 0 spiro atoms. The van der Waals surface area contributed by atoms with Crippen molar-refractivity contribution in [2.75, 3.05) is 33.3 Å². The summed E-state index contributed by atoms with van der Waals surface area (Å²) in [4.78, 5) is 6.91. The molecule has 0 fully saturated rings. The van der Waals surface area contributed by atoms with Gasteiger partial charge in [0.05, 0.1) is 19.7 Å². The molecule has 3 rings (SSSR count). The van der Waals surface area contributed by atoms with Gasteiger partial charge in [-0.25, -0.2) is 5.43 Å². The van der Waals surface area contributed by atoms with Crippen LogP contribution in [0.3, 0.4) is 0 Å². The fraction of sp³-hybridized carbons (Fsp3) is 0.533. The van der Waals surface area contributed by atoms with Crippen LogP contribution in [0.15, 0.2) is 23.2 Å². The quantitative estimate of drug-likeness (QED) is 0.811. The highest BCUT2D eigenvalue weighted by molar-refractivity contribution is 5.84. The van der Waals surface area contributed by atoms with Crippen molar-refractivity contribution >= 4 is 5.84 Å². The molecule has 1 unspecified atom stereocenters. The minimum absolute atomic E-state index is 0.369. The van der Waals surface area contributed by atoms with E-state index in [1.165, 1.54) is 11.1 Å². The van der Waals surface area contributed by atoms with Gasteiger partial charge >= 0.3 is 0 Å². The normalized spacial score (nSPS) is 20.0. The number of hydrogen-bond donors (Lipinski definition) is 2. The molecule has 108 valence electrons. The molecule has 1 aromatic rings. The summed E-state index contributed by atoms with van der Waals surface area (Å²) in [6, 6.07) is 7.01. The summed E-state index contributed by atoms with van der Waals surface area (Å²) in [7, 11) is 1.86. The van der Waals surface area contributed by atoms with Crippen LogP contribution in [0, 0.1) is 0 Å². The molecule has 0 aromatic heterocycles. The summed E-state index contributed by atoms with van der Waals surface area (Å²) in [6.45, 7) is 5.75. The molecule has 0 saturated heterocycles. The first kappa shape index (κ1) is 13.4. The molecular weight excluding hydrogens is 252 g/mol. The lowest BCUT2D eigenvalue weighted by atomic mass is 10.0. The number of nitrogens with one attached hydrogen (secondary N) is 2. The van der Waals surface area contributed by atoms with E-state index in [0.29, 0.717) is 6.04 Å². The van der Waals surface area contributed by atoms with Crippen LogP contribution in [0.1, 0.15) is 24.1 Å². The Bertz CT molecular complexity index is 515. The van der Waals surface area contributed by atoms with Crippen LogP contribution in [-0.2, 0) is 6.42 Å². The predicted octanol–water partition coefficient (Wildman–Crippen LogP) is 1.12. The van der Waals surface area contributed by atoms with Gasteiger partial charge in [0.2, 0.25) is 0 Å². The number of benzene rings is 1. The second-order valence-electron chi connectivity index (χ2n) is 5.32. The van der Waals surface area contributed by atoms with Crippen molar-refractivity contribution in [2.24, 2.45) is 4.99 Å². The maximum atomic E-state index is 5.67. The van der Waals surface area contributed by atoms with Crippen LogP contribution in [0.4, 0.5) is 0 Å². The van der Waals surface area contributed by atoms with Gasteiger partial charge in [-0.05, 0) is 24.1 Å². The van der Waals surface area contributed by atoms with Gasteiger partial charge in [-0.15, -0.1) is 0 Å². The van der Waals surface area contributed by atoms with E-state index in [1.54, 1.807) is 0 Å².